The van der Waals surface area contributed by atoms with Gasteiger partial charge in [0.05, 0.1) is 5.56 Å². The van der Waals surface area contributed by atoms with Crippen molar-refractivity contribution >= 4 is 17.6 Å². The van der Waals surface area contributed by atoms with E-state index >= 15 is 0 Å². The first-order chi connectivity index (χ1) is 12.9. The van der Waals surface area contributed by atoms with E-state index in [9.17, 15) is 0 Å². The van der Waals surface area contributed by atoms with Crippen LogP contribution in [-0.2, 0) is 12.8 Å². The fourth-order valence-electron chi connectivity index (χ4n) is 3.06. The van der Waals surface area contributed by atoms with Crippen molar-refractivity contribution in [2.75, 3.05) is 29.5 Å². The lowest BCUT2D eigenvalue weighted by atomic mass is 10.1. The van der Waals surface area contributed by atoms with Gasteiger partial charge in [-0.15, -0.1) is 0 Å². The minimum absolute atomic E-state index is 0.549. The standard InChI is InChI=1S/C20H22N4OS/c1-2-5-16(6-3-1)7-4-8-18-22-20(25-23-18)17-9-10-19(21-15-17)24-11-13-26-14-12-24/h1-3,5-6,9-10,15H,4,7-8,11-14H2. The van der Waals surface area contributed by atoms with Crippen LogP contribution in [0, 0.1) is 0 Å². The van der Waals surface area contributed by atoms with Gasteiger partial charge >= 0.3 is 0 Å². The zero-order chi connectivity index (χ0) is 17.6. The van der Waals surface area contributed by atoms with Crippen molar-refractivity contribution in [2.45, 2.75) is 19.3 Å². The molecule has 0 saturated carbocycles. The SMILES string of the molecule is c1ccc(CCCc2noc(-c3ccc(N4CCSCC4)nc3)n2)cc1. The Morgan fingerprint density at radius 3 is 2.62 bits per heavy atom. The summed E-state index contributed by atoms with van der Waals surface area (Å²) in [6.07, 6.45) is 4.68. The van der Waals surface area contributed by atoms with Crippen LogP contribution in [0.15, 0.2) is 53.2 Å². The van der Waals surface area contributed by atoms with Gasteiger partial charge in [0, 0.05) is 37.2 Å². The second-order valence-corrected chi connectivity index (χ2v) is 7.58. The third-order valence-electron chi connectivity index (χ3n) is 4.51. The highest BCUT2D eigenvalue weighted by atomic mass is 32.2. The fraction of sp³-hybridized carbons (Fsp3) is 0.350. The first-order valence-electron chi connectivity index (χ1n) is 9.04. The van der Waals surface area contributed by atoms with Gasteiger partial charge in [0.2, 0.25) is 0 Å². The van der Waals surface area contributed by atoms with Gasteiger partial charge in [-0.2, -0.15) is 16.7 Å². The number of nitrogens with zero attached hydrogens (tertiary/aromatic N) is 4. The lowest BCUT2D eigenvalue weighted by Gasteiger charge is -2.27. The number of pyridine rings is 1. The van der Waals surface area contributed by atoms with Crippen LogP contribution in [0.4, 0.5) is 5.82 Å². The predicted octanol–water partition coefficient (Wildman–Crippen LogP) is 3.86. The van der Waals surface area contributed by atoms with Gasteiger partial charge in [-0.25, -0.2) is 4.98 Å². The summed E-state index contributed by atoms with van der Waals surface area (Å²) in [5.74, 6) is 4.66. The van der Waals surface area contributed by atoms with E-state index in [1.54, 1.807) is 0 Å². The Morgan fingerprint density at radius 2 is 1.85 bits per heavy atom. The molecule has 0 spiro atoms. The molecule has 0 aliphatic carbocycles. The largest absolute Gasteiger partial charge is 0.355 e. The lowest BCUT2D eigenvalue weighted by Crippen LogP contribution is -2.32. The maximum atomic E-state index is 5.42. The first kappa shape index (κ1) is 17.1. The number of benzene rings is 1. The van der Waals surface area contributed by atoms with Crippen molar-refractivity contribution in [3.05, 3.63) is 60.0 Å². The molecular formula is C20H22N4OS. The predicted molar refractivity (Wildman–Crippen MR) is 106 cm³/mol. The quantitative estimate of drug-likeness (QED) is 0.660. The molecular weight excluding hydrogens is 344 g/mol. The highest BCUT2D eigenvalue weighted by Crippen LogP contribution is 2.22. The third kappa shape index (κ3) is 4.25. The molecule has 6 heteroatoms. The molecule has 1 aliphatic rings. The Hall–Kier alpha value is -2.34. The van der Waals surface area contributed by atoms with Gasteiger partial charge in [-0.1, -0.05) is 35.5 Å². The Kier molecular flexibility index (Phi) is 5.50. The topological polar surface area (TPSA) is 55.1 Å². The number of aryl methyl sites for hydroxylation is 2. The second-order valence-electron chi connectivity index (χ2n) is 6.36. The van der Waals surface area contributed by atoms with Crippen LogP contribution in [0.1, 0.15) is 17.8 Å². The van der Waals surface area contributed by atoms with E-state index in [2.05, 4.69) is 44.3 Å². The van der Waals surface area contributed by atoms with Gasteiger partial charge in [-0.05, 0) is 30.5 Å². The fourth-order valence-corrected chi connectivity index (χ4v) is 3.96. The lowest BCUT2D eigenvalue weighted by molar-refractivity contribution is 0.421. The normalized spacial score (nSPS) is 14.5. The molecule has 2 aromatic heterocycles. The Labute approximate surface area is 157 Å². The number of hydrogen-bond donors (Lipinski definition) is 0. The second kappa shape index (κ2) is 8.36. The number of thioether (sulfide) groups is 1. The highest BCUT2D eigenvalue weighted by Gasteiger charge is 2.14. The number of aromatic nitrogens is 3. The minimum Gasteiger partial charge on any atom is -0.355 e. The molecule has 1 fully saturated rings. The molecule has 0 amide bonds. The van der Waals surface area contributed by atoms with Crippen LogP contribution in [0.5, 0.6) is 0 Å². The number of hydrogen-bond acceptors (Lipinski definition) is 6. The van der Waals surface area contributed by atoms with Crippen molar-refractivity contribution in [3.8, 4) is 11.5 Å². The average molecular weight is 366 g/mol. The van der Waals surface area contributed by atoms with Gasteiger partial charge in [-0.3, -0.25) is 0 Å². The van der Waals surface area contributed by atoms with Crippen LogP contribution in [-0.4, -0.2) is 39.7 Å². The Balaban J connectivity index is 1.35. The summed E-state index contributed by atoms with van der Waals surface area (Å²) in [4.78, 5) is 11.4. The van der Waals surface area contributed by atoms with Crippen molar-refractivity contribution in [1.82, 2.24) is 15.1 Å². The van der Waals surface area contributed by atoms with E-state index in [4.69, 9.17) is 4.52 Å². The van der Waals surface area contributed by atoms with Crippen molar-refractivity contribution < 1.29 is 4.52 Å². The van der Waals surface area contributed by atoms with E-state index in [-0.39, 0.29) is 0 Å². The van der Waals surface area contributed by atoms with Crippen LogP contribution in [0.25, 0.3) is 11.5 Å². The monoisotopic (exact) mass is 366 g/mol. The molecule has 0 bridgehead atoms. The van der Waals surface area contributed by atoms with Crippen LogP contribution in [0.2, 0.25) is 0 Å². The first-order valence-corrected chi connectivity index (χ1v) is 10.2. The minimum atomic E-state index is 0.549. The van der Waals surface area contributed by atoms with E-state index in [0.29, 0.717) is 5.89 Å². The zero-order valence-electron chi connectivity index (χ0n) is 14.7. The van der Waals surface area contributed by atoms with E-state index < -0.39 is 0 Å². The molecule has 3 aromatic rings. The Morgan fingerprint density at radius 1 is 1.00 bits per heavy atom. The smallest absolute Gasteiger partial charge is 0.259 e. The summed E-state index contributed by atoms with van der Waals surface area (Å²) in [5.41, 5.74) is 2.22. The summed E-state index contributed by atoms with van der Waals surface area (Å²) in [5, 5.41) is 4.11. The van der Waals surface area contributed by atoms with Gasteiger partial charge < -0.3 is 9.42 Å². The molecule has 134 valence electrons. The molecule has 4 rings (SSSR count). The maximum absolute atomic E-state index is 5.42. The summed E-state index contributed by atoms with van der Waals surface area (Å²) in [6.45, 7) is 2.12. The molecule has 1 saturated heterocycles. The van der Waals surface area contributed by atoms with Crippen molar-refractivity contribution in [3.63, 3.8) is 0 Å². The van der Waals surface area contributed by atoms with E-state index in [1.165, 1.54) is 17.1 Å². The third-order valence-corrected chi connectivity index (χ3v) is 5.45. The van der Waals surface area contributed by atoms with Crippen LogP contribution in [0.3, 0.4) is 0 Å². The molecule has 3 heterocycles. The van der Waals surface area contributed by atoms with Crippen LogP contribution >= 0.6 is 11.8 Å². The van der Waals surface area contributed by atoms with E-state index in [0.717, 1.165) is 49.6 Å². The van der Waals surface area contributed by atoms with Gasteiger partial charge in [0.15, 0.2) is 5.82 Å². The maximum Gasteiger partial charge on any atom is 0.259 e. The molecule has 1 aliphatic heterocycles. The van der Waals surface area contributed by atoms with Gasteiger partial charge in [0.25, 0.3) is 5.89 Å². The summed E-state index contributed by atoms with van der Waals surface area (Å²) in [6, 6.07) is 14.5. The number of rotatable bonds is 6. The van der Waals surface area contributed by atoms with Crippen LogP contribution < -0.4 is 4.90 Å². The van der Waals surface area contributed by atoms with Crippen molar-refractivity contribution in [1.29, 1.82) is 0 Å². The molecule has 0 atom stereocenters. The molecule has 0 radical (unpaired) electrons. The summed E-state index contributed by atoms with van der Waals surface area (Å²) < 4.78 is 5.42. The molecule has 0 N–H and O–H groups in total. The summed E-state index contributed by atoms with van der Waals surface area (Å²) in [7, 11) is 0. The summed E-state index contributed by atoms with van der Waals surface area (Å²) >= 11 is 2.00. The Bertz CT molecular complexity index is 813. The molecule has 5 nitrogen and oxygen atoms in total. The highest BCUT2D eigenvalue weighted by molar-refractivity contribution is 7.99. The van der Waals surface area contributed by atoms with Gasteiger partial charge in [0.1, 0.15) is 5.82 Å². The number of anilines is 1. The average Bonchev–Trinajstić information content (AvgIpc) is 3.19. The molecule has 0 unspecified atom stereocenters. The van der Waals surface area contributed by atoms with E-state index in [1.807, 2.05) is 36.2 Å². The molecule has 26 heavy (non-hydrogen) atoms. The molecule has 1 aromatic carbocycles. The zero-order valence-corrected chi connectivity index (χ0v) is 15.5. The van der Waals surface area contributed by atoms with Crippen molar-refractivity contribution in [2.24, 2.45) is 0 Å².